The summed E-state index contributed by atoms with van der Waals surface area (Å²) in [6, 6.07) is 9.41. The summed E-state index contributed by atoms with van der Waals surface area (Å²) in [4.78, 5) is 19.5. The first-order valence-electron chi connectivity index (χ1n) is 10.5. The van der Waals surface area contributed by atoms with E-state index in [2.05, 4.69) is 24.5 Å². The molecule has 1 atom stereocenters. The predicted molar refractivity (Wildman–Crippen MR) is 115 cm³/mol. The number of carbonyl (C=O) groups is 1. The molecule has 8 nitrogen and oxygen atoms in total. The number of hydrogen-bond donors (Lipinski definition) is 3. The minimum absolute atomic E-state index is 0.00455. The van der Waals surface area contributed by atoms with Crippen molar-refractivity contribution in [3.8, 4) is 6.07 Å². The van der Waals surface area contributed by atoms with Gasteiger partial charge < -0.3 is 25.4 Å². The van der Waals surface area contributed by atoms with E-state index in [1.54, 1.807) is 0 Å². The second-order valence-electron chi connectivity index (χ2n) is 7.50. The quantitative estimate of drug-likeness (QED) is 0.374. The van der Waals surface area contributed by atoms with Gasteiger partial charge in [-0.1, -0.05) is 38.8 Å². The maximum Gasteiger partial charge on any atom is 0.351 e. The average Bonchev–Trinajstić information content (AvgIpc) is 2.79. The van der Waals surface area contributed by atoms with Gasteiger partial charge in [0.1, 0.15) is 11.8 Å². The fraction of sp³-hybridized carbons (Fsp3) is 0.500. The Balaban J connectivity index is 1.96. The summed E-state index contributed by atoms with van der Waals surface area (Å²) in [5.41, 5.74) is 1.72. The highest BCUT2D eigenvalue weighted by Gasteiger charge is 2.31. The lowest BCUT2D eigenvalue weighted by atomic mass is 10.1. The van der Waals surface area contributed by atoms with Crippen LogP contribution in [-0.2, 0) is 9.53 Å². The Morgan fingerprint density at radius 3 is 2.87 bits per heavy atom. The molecule has 1 aromatic carbocycles. The van der Waals surface area contributed by atoms with Crippen LogP contribution in [0.15, 0.2) is 40.5 Å². The summed E-state index contributed by atoms with van der Waals surface area (Å²) >= 11 is 0. The number of ether oxygens (including phenoxy) is 1. The molecule has 8 heteroatoms. The first-order chi connectivity index (χ1) is 14.6. The number of piperazine rings is 1. The van der Waals surface area contributed by atoms with Crippen LogP contribution in [-0.4, -0.2) is 60.7 Å². The Morgan fingerprint density at radius 1 is 1.40 bits per heavy atom. The number of nitrogens with zero attached hydrogens (tertiary/aromatic N) is 3. The third-order valence-corrected chi connectivity index (χ3v) is 5.56. The van der Waals surface area contributed by atoms with Crippen molar-refractivity contribution < 1.29 is 14.6 Å². The van der Waals surface area contributed by atoms with Gasteiger partial charge in [0, 0.05) is 25.7 Å². The first kappa shape index (κ1) is 21.8. The van der Waals surface area contributed by atoms with Crippen molar-refractivity contribution in [3.63, 3.8) is 0 Å². The zero-order valence-corrected chi connectivity index (χ0v) is 17.5. The summed E-state index contributed by atoms with van der Waals surface area (Å²) in [6.45, 7) is 6.22. The van der Waals surface area contributed by atoms with Crippen molar-refractivity contribution in [2.75, 3.05) is 38.2 Å². The average molecular weight is 412 g/mol. The van der Waals surface area contributed by atoms with Gasteiger partial charge in [0.2, 0.25) is 0 Å². The van der Waals surface area contributed by atoms with Crippen molar-refractivity contribution in [3.05, 3.63) is 35.5 Å². The van der Waals surface area contributed by atoms with Gasteiger partial charge in [0.15, 0.2) is 11.4 Å². The molecule has 0 aromatic heterocycles. The van der Waals surface area contributed by atoms with E-state index in [0.29, 0.717) is 31.2 Å². The van der Waals surface area contributed by atoms with Crippen molar-refractivity contribution in [1.82, 2.24) is 10.2 Å². The lowest BCUT2D eigenvalue weighted by Gasteiger charge is -2.37. The number of para-hydroxylation sites is 2. The molecular weight excluding hydrogens is 382 g/mol. The van der Waals surface area contributed by atoms with Gasteiger partial charge in [-0.2, -0.15) is 5.26 Å². The van der Waals surface area contributed by atoms with E-state index in [9.17, 15) is 15.2 Å². The number of nitriles is 1. The number of carbonyl (C=O) groups excluding carboxylic acids is 1. The SMILES string of the molecule is CCC(CC)COC(=O)C(C#N)=C1Nc2ccccc2N=C1N1CCNC(CO)C1. The summed E-state index contributed by atoms with van der Waals surface area (Å²) in [5.74, 6) is 0.142. The number of aliphatic hydroxyl groups excluding tert-OH is 1. The Kier molecular flexibility index (Phi) is 7.44. The van der Waals surface area contributed by atoms with Crippen LogP contribution in [0.2, 0.25) is 0 Å². The van der Waals surface area contributed by atoms with Crippen LogP contribution in [0, 0.1) is 17.2 Å². The molecule has 30 heavy (non-hydrogen) atoms. The molecule has 0 aliphatic carbocycles. The lowest BCUT2D eigenvalue weighted by Crippen LogP contribution is -2.55. The third-order valence-electron chi connectivity index (χ3n) is 5.56. The molecule has 0 amide bonds. The molecule has 1 saturated heterocycles. The second kappa shape index (κ2) is 10.2. The van der Waals surface area contributed by atoms with E-state index in [4.69, 9.17) is 9.73 Å². The fourth-order valence-electron chi connectivity index (χ4n) is 3.57. The number of fused-ring (bicyclic) bond motifs is 1. The molecular formula is C22H29N5O3. The van der Waals surface area contributed by atoms with Gasteiger partial charge >= 0.3 is 5.97 Å². The van der Waals surface area contributed by atoms with Crippen LogP contribution in [0.1, 0.15) is 26.7 Å². The van der Waals surface area contributed by atoms with E-state index >= 15 is 0 Å². The van der Waals surface area contributed by atoms with E-state index in [1.807, 2.05) is 35.2 Å². The van der Waals surface area contributed by atoms with Gasteiger partial charge in [0.05, 0.1) is 24.6 Å². The number of aliphatic imine (C=N–C) groups is 1. The highest BCUT2D eigenvalue weighted by Crippen LogP contribution is 2.33. The molecule has 2 heterocycles. The van der Waals surface area contributed by atoms with Crippen LogP contribution < -0.4 is 10.6 Å². The summed E-state index contributed by atoms with van der Waals surface area (Å²) in [7, 11) is 0. The van der Waals surface area contributed by atoms with E-state index < -0.39 is 5.97 Å². The first-order valence-corrected chi connectivity index (χ1v) is 10.5. The number of hydrogen-bond acceptors (Lipinski definition) is 8. The number of anilines is 1. The molecule has 1 unspecified atom stereocenters. The molecule has 1 fully saturated rings. The monoisotopic (exact) mass is 411 g/mol. The molecule has 0 radical (unpaired) electrons. The number of aliphatic hydroxyl groups is 1. The van der Waals surface area contributed by atoms with Crippen LogP contribution >= 0.6 is 0 Å². The highest BCUT2D eigenvalue weighted by molar-refractivity contribution is 6.12. The van der Waals surface area contributed by atoms with Gasteiger partial charge in [-0.05, 0) is 18.1 Å². The molecule has 160 valence electrons. The zero-order valence-electron chi connectivity index (χ0n) is 17.5. The van der Waals surface area contributed by atoms with Crippen LogP contribution in [0.25, 0.3) is 0 Å². The molecule has 1 aromatic rings. The largest absolute Gasteiger partial charge is 0.461 e. The number of amidine groups is 1. The zero-order chi connectivity index (χ0) is 21.5. The summed E-state index contributed by atoms with van der Waals surface area (Å²) in [6.07, 6.45) is 1.81. The Labute approximate surface area is 177 Å². The van der Waals surface area contributed by atoms with E-state index in [1.165, 1.54) is 0 Å². The molecule has 2 aliphatic rings. The summed E-state index contributed by atoms with van der Waals surface area (Å²) in [5, 5.41) is 25.8. The second-order valence-corrected chi connectivity index (χ2v) is 7.50. The summed E-state index contributed by atoms with van der Waals surface area (Å²) < 4.78 is 5.47. The maximum absolute atomic E-state index is 12.8. The highest BCUT2D eigenvalue weighted by atomic mass is 16.5. The van der Waals surface area contributed by atoms with Crippen molar-refractivity contribution in [2.24, 2.45) is 10.9 Å². The third kappa shape index (κ3) is 4.81. The lowest BCUT2D eigenvalue weighted by molar-refractivity contribution is -0.140. The van der Waals surface area contributed by atoms with Crippen LogP contribution in [0.4, 0.5) is 11.4 Å². The molecule has 0 saturated carbocycles. The number of nitrogens with one attached hydrogen (secondary N) is 2. The van der Waals surface area contributed by atoms with Crippen molar-refractivity contribution in [2.45, 2.75) is 32.7 Å². The van der Waals surface area contributed by atoms with Crippen molar-refractivity contribution >= 4 is 23.2 Å². The van der Waals surface area contributed by atoms with Crippen LogP contribution in [0.3, 0.4) is 0 Å². The Bertz CT molecular complexity index is 870. The smallest absolute Gasteiger partial charge is 0.351 e. The van der Waals surface area contributed by atoms with Gasteiger partial charge in [-0.3, -0.25) is 0 Å². The molecule has 0 spiro atoms. The maximum atomic E-state index is 12.8. The minimum atomic E-state index is -0.646. The Morgan fingerprint density at radius 2 is 2.17 bits per heavy atom. The van der Waals surface area contributed by atoms with E-state index in [-0.39, 0.29) is 30.7 Å². The molecule has 0 bridgehead atoms. The number of benzene rings is 1. The minimum Gasteiger partial charge on any atom is -0.461 e. The number of rotatable bonds is 6. The Hall–Kier alpha value is -2.89. The van der Waals surface area contributed by atoms with Crippen molar-refractivity contribution in [1.29, 1.82) is 5.26 Å². The van der Waals surface area contributed by atoms with Gasteiger partial charge in [0.25, 0.3) is 0 Å². The van der Waals surface area contributed by atoms with Crippen LogP contribution in [0.5, 0.6) is 0 Å². The normalized spacial score (nSPS) is 20.0. The fourth-order valence-corrected chi connectivity index (χ4v) is 3.57. The van der Waals surface area contributed by atoms with Gasteiger partial charge in [-0.15, -0.1) is 0 Å². The molecule has 3 rings (SSSR count). The molecule has 2 aliphatic heterocycles. The standard InChI is InChI=1S/C22H29N5O3/c1-3-15(4-2)14-30-22(29)17(11-23)20-21(27-10-9-24-16(12-27)13-28)26-19-8-6-5-7-18(19)25-20/h5-8,15-16,24-25,28H,3-4,9-10,12-14H2,1-2H3. The topological polar surface area (TPSA) is 110 Å². The molecule has 3 N–H and O–H groups in total. The van der Waals surface area contributed by atoms with E-state index in [0.717, 1.165) is 24.2 Å². The number of esters is 1. The predicted octanol–water partition coefficient (Wildman–Crippen LogP) is 2.17. The van der Waals surface area contributed by atoms with Gasteiger partial charge in [-0.25, -0.2) is 9.79 Å².